The van der Waals surface area contributed by atoms with Crippen LogP contribution < -0.4 is 10.2 Å². The van der Waals surface area contributed by atoms with Crippen molar-refractivity contribution in [2.75, 3.05) is 4.90 Å². The van der Waals surface area contributed by atoms with Gasteiger partial charge in [0.25, 0.3) is 11.8 Å². The molecule has 9 heteroatoms. The average molecular weight is 489 g/mol. The number of hydrogen-bond donors (Lipinski definition) is 1. The summed E-state index contributed by atoms with van der Waals surface area (Å²) in [7, 11) is 0. The first-order valence-corrected chi connectivity index (χ1v) is 10.6. The minimum Gasteiger partial charge on any atom is -0.318 e. The lowest BCUT2D eigenvalue weighted by Gasteiger charge is -2.27. The Kier molecular flexibility index (Phi) is 5.86. The summed E-state index contributed by atoms with van der Waals surface area (Å²) in [5.74, 6) is -1.57. The summed E-state index contributed by atoms with van der Waals surface area (Å²) in [5.41, 5.74) is 3.11. The van der Waals surface area contributed by atoms with E-state index in [2.05, 4.69) is 5.32 Å². The van der Waals surface area contributed by atoms with Crippen LogP contribution in [0.5, 0.6) is 0 Å². The maximum absolute atomic E-state index is 13.2. The zero-order chi connectivity index (χ0) is 23.2. The standard InChI is InChI=1S/C23H16Cl3N3O3/c1-12-8-14(13(2)28(12)17-5-3-4-15(24)10-17)9-18-21(30)27-23(32)29(22(18)31)20-7-6-16(25)11-19(20)26/h3-11H,1-2H3,(H,27,30,32)/b18-9+. The normalized spacial score (nSPS) is 15.5. The fourth-order valence-corrected chi connectivity index (χ4v) is 4.32. The lowest BCUT2D eigenvalue weighted by Crippen LogP contribution is -2.54. The lowest BCUT2D eigenvalue weighted by molar-refractivity contribution is -0.122. The summed E-state index contributed by atoms with van der Waals surface area (Å²) < 4.78 is 1.96. The van der Waals surface area contributed by atoms with Crippen LogP contribution in [0.1, 0.15) is 17.0 Å². The highest BCUT2D eigenvalue weighted by molar-refractivity contribution is 6.42. The Bertz CT molecular complexity index is 1330. The Morgan fingerprint density at radius 2 is 1.62 bits per heavy atom. The molecule has 1 aliphatic heterocycles. The zero-order valence-corrected chi connectivity index (χ0v) is 19.2. The van der Waals surface area contributed by atoms with E-state index in [1.807, 2.05) is 42.7 Å². The fourth-order valence-electron chi connectivity index (χ4n) is 3.64. The van der Waals surface area contributed by atoms with Gasteiger partial charge in [0.15, 0.2) is 0 Å². The van der Waals surface area contributed by atoms with Gasteiger partial charge in [-0.1, -0.05) is 40.9 Å². The third kappa shape index (κ3) is 3.93. The van der Waals surface area contributed by atoms with E-state index in [0.29, 0.717) is 15.6 Å². The van der Waals surface area contributed by atoms with Gasteiger partial charge in [-0.15, -0.1) is 0 Å². The van der Waals surface area contributed by atoms with Crippen molar-refractivity contribution in [3.05, 3.63) is 86.1 Å². The molecule has 0 atom stereocenters. The topological polar surface area (TPSA) is 71.4 Å². The van der Waals surface area contributed by atoms with Crippen molar-refractivity contribution in [1.82, 2.24) is 9.88 Å². The molecule has 0 spiro atoms. The van der Waals surface area contributed by atoms with E-state index in [1.54, 1.807) is 6.07 Å². The van der Waals surface area contributed by atoms with E-state index in [-0.39, 0.29) is 16.3 Å². The summed E-state index contributed by atoms with van der Waals surface area (Å²) >= 11 is 18.2. The predicted octanol–water partition coefficient (Wildman–Crippen LogP) is 5.72. The smallest absolute Gasteiger partial charge is 0.318 e. The largest absolute Gasteiger partial charge is 0.335 e. The number of nitrogens with one attached hydrogen (secondary N) is 1. The van der Waals surface area contributed by atoms with Crippen molar-refractivity contribution < 1.29 is 14.4 Å². The number of aromatic nitrogens is 1. The Labute approximate surface area is 199 Å². The van der Waals surface area contributed by atoms with Crippen LogP contribution in [0, 0.1) is 13.8 Å². The first kappa shape index (κ1) is 22.1. The van der Waals surface area contributed by atoms with Crippen LogP contribution in [0.15, 0.2) is 54.1 Å². The first-order chi connectivity index (χ1) is 15.2. The van der Waals surface area contributed by atoms with Crippen LogP contribution in [-0.2, 0) is 9.59 Å². The average Bonchev–Trinajstić information content (AvgIpc) is 2.99. The van der Waals surface area contributed by atoms with Gasteiger partial charge < -0.3 is 4.57 Å². The molecule has 6 nitrogen and oxygen atoms in total. The van der Waals surface area contributed by atoms with Gasteiger partial charge in [-0.05, 0) is 68.0 Å². The van der Waals surface area contributed by atoms with Crippen LogP contribution in [0.3, 0.4) is 0 Å². The molecule has 0 bridgehead atoms. The van der Waals surface area contributed by atoms with Gasteiger partial charge in [0.05, 0.1) is 10.7 Å². The summed E-state index contributed by atoms with van der Waals surface area (Å²) in [6.45, 7) is 3.77. The molecule has 4 rings (SSSR count). The number of carbonyl (C=O) groups is 3. The van der Waals surface area contributed by atoms with Crippen LogP contribution in [-0.4, -0.2) is 22.4 Å². The number of imide groups is 2. The second-order valence-electron chi connectivity index (χ2n) is 7.20. The predicted molar refractivity (Wildman–Crippen MR) is 126 cm³/mol. The molecule has 32 heavy (non-hydrogen) atoms. The quantitative estimate of drug-likeness (QED) is 0.378. The second kappa shape index (κ2) is 8.47. The number of amides is 4. The number of aryl methyl sites for hydroxylation is 1. The number of rotatable bonds is 3. The lowest BCUT2D eigenvalue weighted by atomic mass is 10.1. The van der Waals surface area contributed by atoms with Gasteiger partial charge in [-0.25, -0.2) is 9.69 Å². The molecule has 1 fully saturated rings. The van der Waals surface area contributed by atoms with Gasteiger partial charge in [0, 0.05) is 27.1 Å². The number of anilines is 1. The van der Waals surface area contributed by atoms with E-state index in [0.717, 1.165) is 22.0 Å². The van der Waals surface area contributed by atoms with Gasteiger partial charge in [0.1, 0.15) is 5.57 Å². The van der Waals surface area contributed by atoms with Gasteiger partial charge in [0.2, 0.25) is 0 Å². The first-order valence-electron chi connectivity index (χ1n) is 9.49. The minimum absolute atomic E-state index is 0.105. The third-order valence-electron chi connectivity index (χ3n) is 5.09. The molecular formula is C23H16Cl3N3O3. The van der Waals surface area contributed by atoms with Crippen molar-refractivity contribution >= 4 is 64.4 Å². The summed E-state index contributed by atoms with van der Waals surface area (Å²) in [6.07, 6.45) is 1.46. The van der Waals surface area contributed by atoms with E-state index in [9.17, 15) is 14.4 Å². The highest BCUT2D eigenvalue weighted by atomic mass is 35.5. The molecular weight excluding hydrogens is 473 g/mol. The highest BCUT2D eigenvalue weighted by Gasteiger charge is 2.38. The molecule has 1 aliphatic rings. The minimum atomic E-state index is -0.884. The molecule has 0 radical (unpaired) electrons. The highest BCUT2D eigenvalue weighted by Crippen LogP contribution is 2.32. The molecule has 1 aromatic heterocycles. The number of carbonyl (C=O) groups excluding carboxylic acids is 3. The summed E-state index contributed by atoms with van der Waals surface area (Å²) in [6, 6.07) is 12.7. The van der Waals surface area contributed by atoms with Crippen molar-refractivity contribution in [1.29, 1.82) is 0 Å². The molecule has 2 aromatic carbocycles. The molecule has 1 saturated heterocycles. The fraction of sp³-hybridized carbons (Fsp3) is 0.0870. The maximum Gasteiger partial charge on any atom is 0.335 e. The number of halogens is 3. The molecule has 162 valence electrons. The van der Waals surface area contributed by atoms with Crippen molar-refractivity contribution in [3.8, 4) is 5.69 Å². The van der Waals surface area contributed by atoms with Crippen LogP contribution >= 0.6 is 34.8 Å². The Morgan fingerprint density at radius 3 is 2.31 bits per heavy atom. The molecule has 0 saturated carbocycles. The second-order valence-corrected chi connectivity index (χ2v) is 8.48. The maximum atomic E-state index is 13.2. The van der Waals surface area contributed by atoms with E-state index >= 15 is 0 Å². The van der Waals surface area contributed by atoms with E-state index < -0.39 is 17.8 Å². The van der Waals surface area contributed by atoms with Crippen LogP contribution in [0.25, 0.3) is 11.8 Å². The van der Waals surface area contributed by atoms with Crippen molar-refractivity contribution in [2.45, 2.75) is 13.8 Å². The van der Waals surface area contributed by atoms with Crippen LogP contribution in [0.4, 0.5) is 10.5 Å². The Hall–Kier alpha value is -3.06. The third-order valence-corrected chi connectivity index (χ3v) is 5.86. The Morgan fingerprint density at radius 1 is 0.906 bits per heavy atom. The van der Waals surface area contributed by atoms with Crippen molar-refractivity contribution in [2.24, 2.45) is 0 Å². The monoisotopic (exact) mass is 487 g/mol. The van der Waals surface area contributed by atoms with Crippen molar-refractivity contribution in [3.63, 3.8) is 0 Å². The number of barbiturate groups is 1. The number of nitrogens with zero attached hydrogens (tertiary/aromatic N) is 2. The van der Waals surface area contributed by atoms with Crippen LogP contribution in [0.2, 0.25) is 15.1 Å². The Balaban J connectivity index is 1.78. The van der Waals surface area contributed by atoms with Gasteiger partial charge in [-0.3, -0.25) is 14.9 Å². The molecule has 0 unspecified atom stereocenters. The summed E-state index contributed by atoms with van der Waals surface area (Å²) in [4.78, 5) is 38.9. The number of benzene rings is 2. The molecule has 1 N–H and O–H groups in total. The molecule has 4 amide bonds. The van der Waals surface area contributed by atoms with Gasteiger partial charge >= 0.3 is 6.03 Å². The number of hydrogen-bond acceptors (Lipinski definition) is 3. The summed E-state index contributed by atoms with van der Waals surface area (Å²) in [5, 5.41) is 3.24. The molecule has 0 aliphatic carbocycles. The van der Waals surface area contributed by atoms with Gasteiger partial charge in [-0.2, -0.15) is 0 Å². The van der Waals surface area contributed by atoms with E-state index in [1.165, 1.54) is 24.3 Å². The molecule has 2 heterocycles. The van der Waals surface area contributed by atoms with E-state index in [4.69, 9.17) is 34.8 Å². The SMILES string of the molecule is Cc1cc(/C=C2\C(=O)NC(=O)N(c3ccc(Cl)cc3Cl)C2=O)c(C)n1-c1cccc(Cl)c1. The molecule has 3 aromatic rings. The zero-order valence-electron chi connectivity index (χ0n) is 16.9. The number of urea groups is 1.